The van der Waals surface area contributed by atoms with Gasteiger partial charge < -0.3 is 11.1 Å². The quantitative estimate of drug-likeness (QED) is 0.862. The molecule has 1 aromatic heterocycles. The number of anilines is 3. The van der Waals surface area contributed by atoms with Crippen molar-refractivity contribution in [2.75, 3.05) is 11.1 Å². The van der Waals surface area contributed by atoms with E-state index in [1.54, 1.807) is 12.1 Å². The Morgan fingerprint density at radius 2 is 2.17 bits per heavy atom. The molecule has 0 saturated carbocycles. The number of nitriles is 1. The molecule has 4 nitrogen and oxygen atoms in total. The maximum Gasteiger partial charge on any atom is 0.165 e. The van der Waals surface area contributed by atoms with Gasteiger partial charge in [-0.1, -0.05) is 19.1 Å². The van der Waals surface area contributed by atoms with Crippen LogP contribution in [-0.4, -0.2) is 4.98 Å². The monoisotopic (exact) mass is 238 g/mol. The number of nitrogens with one attached hydrogen (secondary N) is 1. The van der Waals surface area contributed by atoms with Crippen LogP contribution in [-0.2, 0) is 6.42 Å². The standard InChI is InChI=1S/C14H14N4/c1-2-10-4-3-5-11(8-10)17-14-7-6-12(16)13(9-15)18-14/h3-8H,2,16H2,1H3,(H,17,18). The normalized spacial score (nSPS) is 9.78. The van der Waals surface area contributed by atoms with Crippen LogP contribution in [0.5, 0.6) is 0 Å². The van der Waals surface area contributed by atoms with Crippen molar-refractivity contribution in [1.29, 1.82) is 5.26 Å². The van der Waals surface area contributed by atoms with E-state index in [0.717, 1.165) is 12.1 Å². The van der Waals surface area contributed by atoms with E-state index in [1.807, 2.05) is 18.2 Å². The van der Waals surface area contributed by atoms with Gasteiger partial charge in [-0.25, -0.2) is 4.98 Å². The molecule has 0 saturated heterocycles. The highest BCUT2D eigenvalue weighted by Crippen LogP contribution is 2.18. The summed E-state index contributed by atoms with van der Waals surface area (Å²) in [6.45, 7) is 2.11. The highest BCUT2D eigenvalue weighted by molar-refractivity contribution is 5.61. The van der Waals surface area contributed by atoms with Gasteiger partial charge in [-0.3, -0.25) is 0 Å². The Hall–Kier alpha value is -2.54. The van der Waals surface area contributed by atoms with Gasteiger partial charge in [0.15, 0.2) is 5.69 Å². The average molecular weight is 238 g/mol. The molecule has 1 heterocycles. The van der Waals surface area contributed by atoms with Crippen molar-refractivity contribution in [3.05, 3.63) is 47.7 Å². The Labute approximate surface area is 106 Å². The van der Waals surface area contributed by atoms with Crippen molar-refractivity contribution >= 4 is 17.2 Å². The van der Waals surface area contributed by atoms with E-state index >= 15 is 0 Å². The first kappa shape index (κ1) is 11.9. The van der Waals surface area contributed by atoms with Crippen molar-refractivity contribution in [2.24, 2.45) is 0 Å². The van der Waals surface area contributed by atoms with E-state index in [4.69, 9.17) is 11.0 Å². The van der Waals surface area contributed by atoms with Gasteiger partial charge in [0.1, 0.15) is 11.9 Å². The number of hydrogen-bond acceptors (Lipinski definition) is 4. The predicted molar refractivity (Wildman–Crippen MR) is 72.5 cm³/mol. The largest absolute Gasteiger partial charge is 0.396 e. The molecule has 0 aliphatic rings. The lowest BCUT2D eigenvalue weighted by Crippen LogP contribution is -1.99. The molecular formula is C14H14N4. The molecule has 18 heavy (non-hydrogen) atoms. The van der Waals surface area contributed by atoms with Crippen LogP contribution < -0.4 is 11.1 Å². The molecule has 0 aliphatic heterocycles. The molecule has 0 atom stereocenters. The first-order valence-corrected chi connectivity index (χ1v) is 5.75. The third-order valence-electron chi connectivity index (χ3n) is 2.64. The minimum atomic E-state index is 0.242. The number of pyridine rings is 1. The van der Waals surface area contributed by atoms with Gasteiger partial charge in [0.25, 0.3) is 0 Å². The first-order valence-electron chi connectivity index (χ1n) is 5.75. The number of hydrogen-bond donors (Lipinski definition) is 2. The van der Waals surface area contributed by atoms with E-state index in [2.05, 4.69) is 29.4 Å². The number of aromatic nitrogens is 1. The zero-order chi connectivity index (χ0) is 13.0. The van der Waals surface area contributed by atoms with Crippen LogP contribution >= 0.6 is 0 Å². The molecule has 0 fully saturated rings. The molecule has 2 aromatic rings. The minimum Gasteiger partial charge on any atom is -0.396 e. The highest BCUT2D eigenvalue weighted by atomic mass is 15.0. The van der Waals surface area contributed by atoms with E-state index in [9.17, 15) is 0 Å². The summed E-state index contributed by atoms with van der Waals surface area (Å²) in [5, 5.41) is 12.0. The molecule has 0 unspecified atom stereocenters. The fraction of sp³-hybridized carbons (Fsp3) is 0.143. The van der Waals surface area contributed by atoms with Crippen molar-refractivity contribution in [3.8, 4) is 6.07 Å². The lowest BCUT2D eigenvalue weighted by Gasteiger charge is -2.07. The van der Waals surface area contributed by atoms with Crippen LogP contribution in [0.3, 0.4) is 0 Å². The Morgan fingerprint density at radius 1 is 1.33 bits per heavy atom. The van der Waals surface area contributed by atoms with Crippen LogP contribution in [0, 0.1) is 11.3 Å². The third kappa shape index (κ3) is 2.58. The fourth-order valence-electron chi connectivity index (χ4n) is 1.65. The van der Waals surface area contributed by atoms with Crippen LogP contribution in [0.25, 0.3) is 0 Å². The zero-order valence-electron chi connectivity index (χ0n) is 10.1. The second-order valence-corrected chi connectivity index (χ2v) is 3.93. The summed E-state index contributed by atoms with van der Waals surface area (Å²) in [5.41, 5.74) is 8.46. The topological polar surface area (TPSA) is 74.7 Å². The molecule has 0 radical (unpaired) electrons. The van der Waals surface area contributed by atoms with Crippen molar-refractivity contribution in [1.82, 2.24) is 4.98 Å². The molecule has 3 N–H and O–H groups in total. The van der Waals surface area contributed by atoms with Gasteiger partial charge in [0, 0.05) is 5.69 Å². The zero-order valence-corrected chi connectivity index (χ0v) is 10.1. The Bertz CT molecular complexity index is 599. The van der Waals surface area contributed by atoms with Crippen LogP contribution in [0.15, 0.2) is 36.4 Å². The molecule has 0 aliphatic carbocycles. The van der Waals surface area contributed by atoms with E-state index in [0.29, 0.717) is 11.5 Å². The van der Waals surface area contributed by atoms with Crippen molar-refractivity contribution in [2.45, 2.75) is 13.3 Å². The summed E-state index contributed by atoms with van der Waals surface area (Å²) < 4.78 is 0. The maximum atomic E-state index is 8.87. The van der Waals surface area contributed by atoms with Gasteiger partial charge in [-0.15, -0.1) is 0 Å². The molecule has 90 valence electrons. The van der Waals surface area contributed by atoms with Crippen LogP contribution in [0.4, 0.5) is 17.2 Å². The lowest BCUT2D eigenvalue weighted by atomic mass is 10.1. The number of nitrogen functional groups attached to an aromatic ring is 1. The maximum absolute atomic E-state index is 8.87. The number of nitrogens with zero attached hydrogens (tertiary/aromatic N) is 2. The Morgan fingerprint density at radius 3 is 2.89 bits per heavy atom. The van der Waals surface area contributed by atoms with Gasteiger partial charge in [-0.05, 0) is 36.2 Å². The van der Waals surface area contributed by atoms with Gasteiger partial charge >= 0.3 is 0 Å². The summed E-state index contributed by atoms with van der Waals surface area (Å²) in [5.74, 6) is 0.619. The second kappa shape index (κ2) is 5.19. The summed E-state index contributed by atoms with van der Waals surface area (Å²) in [7, 11) is 0. The number of aryl methyl sites for hydroxylation is 1. The Kier molecular flexibility index (Phi) is 3.44. The average Bonchev–Trinajstić information content (AvgIpc) is 2.41. The summed E-state index contributed by atoms with van der Waals surface area (Å²) >= 11 is 0. The lowest BCUT2D eigenvalue weighted by molar-refractivity contribution is 1.14. The van der Waals surface area contributed by atoms with E-state index in [-0.39, 0.29) is 5.69 Å². The smallest absolute Gasteiger partial charge is 0.165 e. The molecule has 0 bridgehead atoms. The van der Waals surface area contributed by atoms with Crippen molar-refractivity contribution in [3.63, 3.8) is 0 Å². The number of benzene rings is 1. The van der Waals surface area contributed by atoms with Crippen LogP contribution in [0.1, 0.15) is 18.2 Å². The molecule has 4 heteroatoms. The molecular weight excluding hydrogens is 224 g/mol. The highest BCUT2D eigenvalue weighted by Gasteiger charge is 2.02. The fourth-order valence-corrected chi connectivity index (χ4v) is 1.65. The molecule has 0 amide bonds. The number of rotatable bonds is 3. The number of nitrogens with two attached hydrogens (primary N) is 1. The van der Waals surface area contributed by atoms with Crippen LogP contribution in [0.2, 0.25) is 0 Å². The predicted octanol–water partition coefficient (Wildman–Crippen LogP) is 2.84. The second-order valence-electron chi connectivity index (χ2n) is 3.93. The first-order chi connectivity index (χ1) is 8.72. The molecule has 1 aromatic carbocycles. The minimum absolute atomic E-state index is 0.242. The summed E-state index contributed by atoms with van der Waals surface area (Å²) in [6.07, 6.45) is 0.980. The van der Waals surface area contributed by atoms with E-state index in [1.165, 1.54) is 5.56 Å². The SMILES string of the molecule is CCc1cccc(Nc2ccc(N)c(C#N)n2)c1. The third-order valence-corrected chi connectivity index (χ3v) is 2.64. The molecule has 2 rings (SSSR count). The Balaban J connectivity index is 2.26. The summed E-state index contributed by atoms with van der Waals surface area (Å²) in [4.78, 5) is 4.14. The van der Waals surface area contributed by atoms with E-state index < -0.39 is 0 Å². The van der Waals surface area contributed by atoms with Crippen molar-refractivity contribution < 1.29 is 0 Å². The van der Waals surface area contributed by atoms with Gasteiger partial charge in [0.05, 0.1) is 5.69 Å². The molecule has 0 spiro atoms. The van der Waals surface area contributed by atoms with Gasteiger partial charge in [-0.2, -0.15) is 5.26 Å². The van der Waals surface area contributed by atoms with Gasteiger partial charge in [0.2, 0.25) is 0 Å². The summed E-state index contributed by atoms with van der Waals surface area (Å²) in [6, 6.07) is 13.5.